The number of hydrogen-bond acceptors (Lipinski definition) is 5. The lowest BCUT2D eigenvalue weighted by molar-refractivity contribution is 0.00768. The molecule has 27 heavy (non-hydrogen) atoms. The van der Waals surface area contributed by atoms with Crippen LogP contribution < -0.4 is 0 Å². The molecule has 1 atom stereocenters. The molecule has 0 aliphatic carbocycles. The third-order valence-electron chi connectivity index (χ3n) is 4.73. The smallest absolute Gasteiger partial charge is 0.410 e. The number of thiophene rings is 1. The van der Waals surface area contributed by atoms with Crippen molar-refractivity contribution in [3.63, 3.8) is 0 Å². The Morgan fingerprint density at radius 3 is 2.48 bits per heavy atom. The summed E-state index contributed by atoms with van der Waals surface area (Å²) in [5.74, 6) is -0.882. The van der Waals surface area contributed by atoms with Crippen LogP contribution >= 0.6 is 11.3 Å². The van der Waals surface area contributed by atoms with E-state index in [-0.39, 0.29) is 12.0 Å². The number of ether oxygens (including phenoxy) is 1. The quantitative estimate of drug-likeness (QED) is 0.815. The molecule has 146 valence electrons. The lowest BCUT2D eigenvalue weighted by Crippen LogP contribution is -2.42. The molecule has 0 saturated carbocycles. The number of aliphatic hydroxyl groups is 1. The van der Waals surface area contributed by atoms with Gasteiger partial charge in [-0.15, -0.1) is 11.3 Å². The number of carboxylic acids is 1. The number of fused-ring (bicyclic) bond motifs is 1. The Morgan fingerprint density at radius 2 is 1.89 bits per heavy atom. The molecule has 1 saturated heterocycles. The van der Waals surface area contributed by atoms with Gasteiger partial charge in [-0.05, 0) is 62.6 Å². The minimum Gasteiger partial charge on any atom is -0.477 e. The fourth-order valence-electron chi connectivity index (χ4n) is 3.33. The molecule has 1 unspecified atom stereocenters. The summed E-state index contributed by atoms with van der Waals surface area (Å²) >= 11 is 1.21. The summed E-state index contributed by atoms with van der Waals surface area (Å²) in [5.41, 5.74) is 0.273. The summed E-state index contributed by atoms with van der Waals surface area (Å²) in [6.45, 7) is 6.65. The second-order valence-corrected chi connectivity index (χ2v) is 9.05. The zero-order valence-corrected chi connectivity index (χ0v) is 16.6. The standard InChI is InChI=1S/C20H25NO5S/c1-20(2,3)26-19(25)21-8-6-12(7-9-21)17(22)14-5-4-13-10-16(18(23)24)27-15(13)11-14/h4-5,10-12,17,22H,6-9H2,1-3H3,(H,23,24). The highest BCUT2D eigenvalue weighted by atomic mass is 32.1. The maximum absolute atomic E-state index is 12.2. The number of benzene rings is 1. The topological polar surface area (TPSA) is 87.1 Å². The van der Waals surface area contributed by atoms with Crippen molar-refractivity contribution in [1.29, 1.82) is 0 Å². The van der Waals surface area contributed by atoms with Gasteiger partial charge in [-0.1, -0.05) is 12.1 Å². The third-order valence-corrected chi connectivity index (χ3v) is 5.82. The minimum absolute atomic E-state index is 0.0556. The van der Waals surface area contributed by atoms with Gasteiger partial charge in [0.15, 0.2) is 0 Å². The number of carbonyl (C=O) groups excluding carboxylic acids is 1. The van der Waals surface area contributed by atoms with E-state index in [4.69, 9.17) is 9.84 Å². The molecule has 7 heteroatoms. The van der Waals surface area contributed by atoms with Gasteiger partial charge >= 0.3 is 12.1 Å². The number of likely N-dealkylation sites (tertiary alicyclic amines) is 1. The van der Waals surface area contributed by atoms with Crippen LogP contribution in [0.5, 0.6) is 0 Å². The van der Waals surface area contributed by atoms with Crippen LogP contribution in [0, 0.1) is 5.92 Å². The van der Waals surface area contributed by atoms with Crippen LogP contribution in [-0.2, 0) is 4.74 Å². The molecule has 1 amide bonds. The van der Waals surface area contributed by atoms with Crippen LogP contribution in [0.4, 0.5) is 4.79 Å². The Bertz CT molecular complexity index is 846. The number of rotatable bonds is 3. The molecule has 6 nitrogen and oxygen atoms in total. The molecule has 0 bridgehead atoms. The van der Waals surface area contributed by atoms with Crippen molar-refractivity contribution < 1.29 is 24.5 Å². The molecular weight excluding hydrogens is 366 g/mol. The molecule has 2 aromatic rings. The van der Waals surface area contributed by atoms with E-state index in [1.807, 2.05) is 39.0 Å². The first-order valence-corrected chi connectivity index (χ1v) is 9.88. The number of aromatic carboxylic acids is 1. The largest absolute Gasteiger partial charge is 0.477 e. The number of amides is 1. The summed E-state index contributed by atoms with van der Waals surface area (Å²) in [6, 6.07) is 7.23. The lowest BCUT2D eigenvalue weighted by Gasteiger charge is -2.35. The zero-order valence-electron chi connectivity index (χ0n) is 15.8. The van der Waals surface area contributed by atoms with Gasteiger partial charge in [0.25, 0.3) is 0 Å². The van der Waals surface area contributed by atoms with Crippen molar-refractivity contribution in [2.24, 2.45) is 5.92 Å². The number of aliphatic hydroxyl groups excluding tert-OH is 1. The summed E-state index contributed by atoms with van der Waals surface area (Å²) in [6.07, 6.45) is 0.453. The van der Waals surface area contributed by atoms with Gasteiger partial charge in [0, 0.05) is 17.8 Å². The van der Waals surface area contributed by atoms with Crippen molar-refractivity contribution >= 4 is 33.5 Å². The van der Waals surface area contributed by atoms with E-state index < -0.39 is 17.7 Å². The fraction of sp³-hybridized carbons (Fsp3) is 0.500. The molecule has 3 rings (SSSR count). The molecule has 1 aliphatic rings. The van der Waals surface area contributed by atoms with Crippen molar-refractivity contribution in [2.45, 2.75) is 45.3 Å². The van der Waals surface area contributed by atoms with Crippen LogP contribution in [0.25, 0.3) is 10.1 Å². The highest BCUT2D eigenvalue weighted by Gasteiger charge is 2.30. The molecule has 2 heterocycles. The van der Waals surface area contributed by atoms with Crippen molar-refractivity contribution in [2.75, 3.05) is 13.1 Å². The molecular formula is C20H25NO5S. The number of nitrogens with zero attached hydrogens (tertiary/aromatic N) is 1. The first kappa shape index (κ1) is 19.6. The van der Waals surface area contributed by atoms with Gasteiger partial charge in [0.1, 0.15) is 10.5 Å². The van der Waals surface area contributed by atoms with E-state index in [2.05, 4.69) is 0 Å². The van der Waals surface area contributed by atoms with Crippen LogP contribution in [0.2, 0.25) is 0 Å². The van der Waals surface area contributed by atoms with E-state index in [0.717, 1.165) is 15.6 Å². The van der Waals surface area contributed by atoms with Gasteiger partial charge in [0.05, 0.1) is 6.10 Å². The number of piperidine rings is 1. The van der Waals surface area contributed by atoms with E-state index in [1.165, 1.54) is 11.3 Å². The summed E-state index contributed by atoms with van der Waals surface area (Å²) < 4.78 is 6.26. The van der Waals surface area contributed by atoms with Crippen LogP contribution in [-0.4, -0.2) is 45.9 Å². The second-order valence-electron chi connectivity index (χ2n) is 7.96. The molecule has 1 aliphatic heterocycles. The fourth-order valence-corrected chi connectivity index (χ4v) is 4.28. The Balaban J connectivity index is 1.65. The average molecular weight is 391 g/mol. The minimum atomic E-state index is -0.937. The van der Waals surface area contributed by atoms with Crippen LogP contribution in [0.3, 0.4) is 0 Å². The Kier molecular flexibility index (Phi) is 5.44. The summed E-state index contributed by atoms with van der Waals surface area (Å²) in [5, 5.41) is 20.8. The van der Waals surface area contributed by atoms with Gasteiger partial charge in [-0.2, -0.15) is 0 Å². The Labute approximate surface area is 162 Å². The van der Waals surface area contributed by atoms with Crippen LogP contribution in [0.15, 0.2) is 24.3 Å². The molecule has 2 N–H and O–H groups in total. The molecule has 0 radical (unpaired) electrons. The first-order chi connectivity index (χ1) is 12.6. The predicted molar refractivity (Wildman–Crippen MR) is 104 cm³/mol. The molecule has 1 fully saturated rings. The van der Waals surface area contributed by atoms with Crippen molar-refractivity contribution in [3.05, 3.63) is 34.7 Å². The normalized spacial score (nSPS) is 17.1. The van der Waals surface area contributed by atoms with E-state index in [9.17, 15) is 14.7 Å². The van der Waals surface area contributed by atoms with E-state index in [0.29, 0.717) is 30.8 Å². The van der Waals surface area contributed by atoms with Crippen LogP contribution in [0.1, 0.15) is 55.0 Å². The third kappa shape index (κ3) is 4.59. The maximum atomic E-state index is 12.2. The molecule has 1 aromatic carbocycles. The van der Waals surface area contributed by atoms with E-state index >= 15 is 0 Å². The number of carboxylic acid groups (broad SMARTS) is 1. The number of hydrogen-bond donors (Lipinski definition) is 2. The monoisotopic (exact) mass is 391 g/mol. The highest BCUT2D eigenvalue weighted by Crippen LogP contribution is 2.34. The summed E-state index contributed by atoms with van der Waals surface area (Å²) in [7, 11) is 0. The van der Waals surface area contributed by atoms with Gasteiger partial charge in [-0.3, -0.25) is 0 Å². The first-order valence-electron chi connectivity index (χ1n) is 9.07. The molecule has 0 spiro atoms. The van der Waals surface area contributed by atoms with Gasteiger partial charge < -0.3 is 19.8 Å². The highest BCUT2D eigenvalue weighted by molar-refractivity contribution is 7.20. The van der Waals surface area contributed by atoms with E-state index in [1.54, 1.807) is 11.0 Å². The second kappa shape index (κ2) is 7.48. The zero-order chi connectivity index (χ0) is 19.8. The Morgan fingerprint density at radius 1 is 1.22 bits per heavy atom. The van der Waals surface area contributed by atoms with Crippen molar-refractivity contribution in [3.8, 4) is 0 Å². The predicted octanol–water partition coefficient (Wildman–Crippen LogP) is 4.28. The molecule has 1 aromatic heterocycles. The Hall–Kier alpha value is -2.12. The van der Waals surface area contributed by atoms with Gasteiger partial charge in [-0.25, -0.2) is 9.59 Å². The average Bonchev–Trinajstić information content (AvgIpc) is 3.03. The number of carbonyl (C=O) groups is 2. The lowest BCUT2D eigenvalue weighted by atomic mass is 9.87. The SMILES string of the molecule is CC(C)(C)OC(=O)N1CCC(C(O)c2ccc3cc(C(=O)O)sc3c2)CC1. The summed E-state index contributed by atoms with van der Waals surface area (Å²) in [4.78, 5) is 25.3. The maximum Gasteiger partial charge on any atom is 0.410 e. The van der Waals surface area contributed by atoms with Gasteiger partial charge in [0.2, 0.25) is 0 Å². The van der Waals surface area contributed by atoms with Crippen molar-refractivity contribution in [1.82, 2.24) is 4.90 Å².